The molecule has 5 heteroatoms. The minimum atomic E-state index is -0.439. The van der Waals surface area contributed by atoms with Crippen LogP contribution < -0.4 is 5.73 Å². The van der Waals surface area contributed by atoms with Gasteiger partial charge in [-0.2, -0.15) is 4.98 Å². The number of aromatic nitrogens is 3. The Morgan fingerprint density at radius 1 is 1.38 bits per heavy atom. The van der Waals surface area contributed by atoms with Crippen molar-refractivity contribution in [3.8, 4) is 0 Å². The molecule has 0 unspecified atom stereocenters. The fourth-order valence-corrected chi connectivity index (χ4v) is 3.03. The first-order valence-corrected chi connectivity index (χ1v) is 7.70. The van der Waals surface area contributed by atoms with E-state index >= 15 is 0 Å². The molecule has 2 aromatic rings. The Bertz CT molecular complexity index is 573. The van der Waals surface area contributed by atoms with Crippen LogP contribution in [-0.4, -0.2) is 15.1 Å². The van der Waals surface area contributed by atoms with E-state index in [0.29, 0.717) is 18.1 Å². The monoisotopic (exact) mass is 286 g/mol. The van der Waals surface area contributed by atoms with Crippen molar-refractivity contribution in [2.75, 3.05) is 0 Å². The molecule has 0 radical (unpaired) electrons. The lowest BCUT2D eigenvalue weighted by atomic mass is 9.76. The molecule has 0 aromatic carbocycles. The van der Waals surface area contributed by atoms with Gasteiger partial charge in [0.25, 0.3) is 0 Å². The average molecular weight is 286 g/mol. The highest BCUT2D eigenvalue weighted by Gasteiger charge is 2.37. The van der Waals surface area contributed by atoms with Crippen molar-refractivity contribution in [2.45, 2.75) is 51.0 Å². The lowest BCUT2D eigenvalue weighted by molar-refractivity contribution is 0.181. The van der Waals surface area contributed by atoms with Crippen LogP contribution in [0.5, 0.6) is 0 Å². The number of hydrogen-bond donors (Lipinski definition) is 1. The number of hydrogen-bond acceptors (Lipinski definition) is 5. The van der Waals surface area contributed by atoms with E-state index in [1.54, 1.807) is 6.20 Å². The minimum Gasteiger partial charge on any atom is -0.337 e. The Morgan fingerprint density at radius 3 is 2.86 bits per heavy atom. The first kappa shape index (κ1) is 14.2. The van der Waals surface area contributed by atoms with Crippen molar-refractivity contribution in [1.29, 1.82) is 0 Å². The fourth-order valence-electron chi connectivity index (χ4n) is 3.03. The van der Waals surface area contributed by atoms with Crippen LogP contribution in [0.2, 0.25) is 0 Å². The van der Waals surface area contributed by atoms with Crippen LogP contribution in [0.15, 0.2) is 29.0 Å². The normalized spacial score (nSPS) is 25.9. The van der Waals surface area contributed by atoms with Crippen LogP contribution >= 0.6 is 0 Å². The highest BCUT2D eigenvalue weighted by atomic mass is 16.5. The van der Waals surface area contributed by atoms with Gasteiger partial charge in [-0.25, -0.2) is 0 Å². The predicted octanol–water partition coefficient (Wildman–Crippen LogP) is 2.81. The fraction of sp³-hybridized carbons (Fsp3) is 0.562. The third-order valence-electron chi connectivity index (χ3n) is 4.55. The van der Waals surface area contributed by atoms with Gasteiger partial charge in [0.2, 0.25) is 5.89 Å². The third kappa shape index (κ3) is 3.13. The van der Waals surface area contributed by atoms with Gasteiger partial charge in [-0.15, -0.1) is 0 Å². The molecule has 1 aliphatic carbocycles. The number of rotatable bonds is 4. The van der Waals surface area contributed by atoms with E-state index in [1.165, 1.54) is 6.42 Å². The van der Waals surface area contributed by atoms with Gasteiger partial charge >= 0.3 is 0 Å². The van der Waals surface area contributed by atoms with E-state index in [2.05, 4.69) is 22.0 Å². The van der Waals surface area contributed by atoms with Crippen LogP contribution in [0.3, 0.4) is 0 Å². The van der Waals surface area contributed by atoms with Crippen molar-refractivity contribution >= 4 is 0 Å². The average Bonchev–Trinajstić information content (AvgIpc) is 2.98. The Balaban J connectivity index is 1.70. The maximum Gasteiger partial charge on any atom is 0.246 e. The summed E-state index contributed by atoms with van der Waals surface area (Å²) in [6.07, 6.45) is 9.59. The van der Waals surface area contributed by atoms with Gasteiger partial charge in [0.1, 0.15) is 0 Å². The second-order valence-electron chi connectivity index (χ2n) is 6.06. The molecule has 0 spiro atoms. The summed E-state index contributed by atoms with van der Waals surface area (Å²) in [5.41, 5.74) is 7.13. The predicted molar refractivity (Wildman–Crippen MR) is 79.5 cm³/mol. The molecular weight excluding hydrogens is 264 g/mol. The number of nitrogens with zero attached hydrogens (tertiary/aromatic N) is 3. The molecule has 2 N–H and O–H groups in total. The second-order valence-corrected chi connectivity index (χ2v) is 6.06. The highest BCUT2D eigenvalue weighted by Crippen LogP contribution is 2.37. The van der Waals surface area contributed by atoms with Crippen LogP contribution in [0, 0.1) is 5.92 Å². The molecule has 1 saturated carbocycles. The van der Waals surface area contributed by atoms with Crippen molar-refractivity contribution in [1.82, 2.24) is 15.1 Å². The highest BCUT2D eigenvalue weighted by molar-refractivity contribution is 5.14. The van der Waals surface area contributed by atoms with Crippen LogP contribution in [-0.2, 0) is 12.0 Å². The van der Waals surface area contributed by atoms with Gasteiger partial charge in [-0.05, 0) is 43.2 Å². The molecule has 2 aromatic heterocycles. The van der Waals surface area contributed by atoms with E-state index < -0.39 is 5.54 Å². The lowest BCUT2D eigenvalue weighted by Crippen LogP contribution is -2.40. The SMILES string of the molecule is CCC1CCC(N)(c2nc(Cc3cccnc3)no2)CC1. The van der Waals surface area contributed by atoms with Crippen LogP contribution in [0.25, 0.3) is 0 Å². The zero-order chi connectivity index (χ0) is 14.7. The van der Waals surface area contributed by atoms with Gasteiger partial charge in [-0.1, -0.05) is 24.6 Å². The summed E-state index contributed by atoms with van der Waals surface area (Å²) in [5.74, 6) is 2.07. The van der Waals surface area contributed by atoms with Gasteiger partial charge in [0.15, 0.2) is 5.82 Å². The Morgan fingerprint density at radius 2 is 2.19 bits per heavy atom. The summed E-state index contributed by atoms with van der Waals surface area (Å²) in [5, 5.41) is 4.08. The van der Waals surface area contributed by atoms with E-state index in [4.69, 9.17) is 10.3 Å². The largest absolute Gasteiger partial charge is 0.337 e. The quantitative estimate of drug-likeness (QED) is 0.935. The van der Waals surface area contributed by atoms with Crippen molar-refractivity contribution in [3.05, 3.63) is 41.8 Å². The second kappa shape index (κ2) is 5.93. The van der Waals surface area contributed by atoms with Gasteiger partial charge in [0.05, 0.1) is 5.54 Å². The lowest BCUT2D eigenvalue weighted by Gasteiger charge is -2.33. The molecule has 0 bridgehead atoms. The third-order valence-corrected chi connectivity index (χ3v) is 4.55. The van der Waals surface area contributed by atoms with E-state index in [1.807, 2.05) is 18.3 Å². The molecule has 0 saturated heterocycles. The Kier molecular flexibility index (Phi) is 4.01. The van der Waals surface area contributed by atoms with Crippen LogP contribution in [0.4, 0.5) is 0 Å². The Labute approximate surface area is 125 Å². The molecule has 0 aliphatic heterocycles. The van der Waals surface area contributed by atoms with Gasteiger partial charge in [-0.3, -0.25) is 4.98 Å². The maximum absolute atomic E-state index is 6.50. The van der Waals surface area contributed by atoms with Crippen molar-refractivity contribution < 1.29 is 4.52 Å². The molecule has 0 atom stereocenters. The van der Waals surface area contributed by atoms with Crippen molar-refractivity contribution in [3.63, 3.8) is 0 Å². The first-order chi connectivity index (χ1) is 10.2. The van der Waals surface area contributed by atoms with E-state index in [9.17, 15) is 0 Å². The summed E-state index contributed by atoms with van der Waals surface area (Å²) in [6.45, 7) is 2.24. The van der Waals surface area contributed by atoms with Gasteiger partial charge < -0.3 is 10.3 Å². The molecule has 3 rings (SSSR count). The standard InChI is InChI=1S/C16H22N4O/c1-2-12-5-7-16(17,8-6-12)15-19-14(20-21-15)10-13-4-3-9-18-11-13/h3-4,9,11-12H,2,5-8,10,17H2,1H3. The molecule has 21 heavy (non-hydrogen) atoms. The number of nitrogens with two attached hydrogens (primary N) is 1. The molecule has 112 valence electrons. The summed E-state index contributed by atoms with van der Waals surface area (Å²) in [6, 6.07) is 3.92. The topological polar surface area (TPSA) is 77.8 Å². The van der Waals surface area contributed by atoms with Crippen LogP contribution in [0.1, 0.15) is 56.3 Å². The molecule has 1 aliphatic rings. The minimum absolute atomic E-state index is 0.439. The summed E-state index contributed by atoms with van der Waals surface area (Å²) >= 11 is 0. The molecule has 1 fully saturated rings. The Hall–Kier alpha value is -1.75. The molecule has 0 amide bonds. The zero-order valence-corrected chi connectivity index (χ0v) is 12.5. The van der Waals surface area contributed by atoms with Crippen molar-refractivity contribution in [2.24, 2.45) is 11.7 Å². The summed E-state index contributed by atoms with van der Waals surface area (Å²) in [4.78, 5) is 8.62. The molecule has 2 heterocycles. The summed E-state index contributed by atoms with van der Waals surface area (Å²) < 4.78 is 5.44. The molecular formula is C16H22N4O. The zero-order valence-electron chi connectivity index (χ0n) is 12.5. The summed E-state index contributed by atoms with van der Waals surface area (Å²) in [7, 11) is 0. The molecule has 5 nitrogen and oxygen atoms in total. The van der Waals surface area contributed by atoms with Gasteiger partial charge in [0, 0.05) is 18.8 Å². The van der Waals surface area contributed by atoms with E-state index in [-0.39, 0.29) is 0 Å². The first-order valence-electron chi connectivity index (χ1n) is 7.70. The van der Waals surface area contributed by atoms with E-state index in [0.717, 1.165) is 37.2 Å². The smallest absolute Gasteiger partial charge is 0.246 e. The maximum atomic E-state index is 6.50. The number of pyridine rings is 1.